The minimum absolute atomic E-state index is 0.919. The summed E-state index contributed by atoms with van der Waals surface area (Å²) in [6.45, 7) is 11.5. The molecule has 0 spiro atoms. The predicted molar refractivity (Wildman–Crippen MR) is 160 cm³/mol. The summed E-state index contributed by atoms with van der Waals surface area (Å²) >= 11 is 1.87. The molecule has 0 bridgehead atoms. The van der Waals surface area contributed by atoms with Crippen LogP contribution in [0.25, 0.3) is 27.8 Å². The fourth-order valence-electron chi connectivity index (χ4n) is 3.90. The lowest BCUT2D eigenvalue weighted by atomic mass is 10.0. The van der Waals surface area contributed by atoms with Crippen LogP contribution in [0.15, 0.2) is 118 Å². The number of fused-ring (bicyclic) bond motifs is 1. The lowest BCUT2D eigenvalue weighted by molar-refractivity contribution is 0.554. The van der Waals surface area contributed by atoms with Crippen molar-refractivity contribution in [1.29, 1.82) is 0 Å². The number of allylic oxidation sites excluding steroid dienone is 2. The van der Waals surface area contributed by atoms with Gasteiger partial charge in [0.1, 0.15) is 0 Å². The first-order valence-corrected chi connectivity index (χ1v) is 13.3. The number of nitrogens with two attached hydrogens (primary N) is 1. The average molecular weight is 500 g/mol. The highest BCUT2D eigenvalue weighted by Crippen LogP contribution is 2.44. The molecule has 0 saturated heterocycles. The lowest BCUT2D eigenvalue weighted by Gasteiger charge is -2.21. The normalized spacial score (nSPS) is 13.3. The van der Waals surface area contributed by atoms with Crippen LogP contribution >= 0.6 is 11.8 Å². The van der Waals surface area contributed by atoms with Crippen LogP contribution < -0.4 is 5.73 Å². The minimum atomic E-state index is 0.919. The summed E-state index contributed by atoms with van der Waals surface area (Å²) < 4.78 is 5.40. The van der Waals surface area contributed by atoms with Gasteiger partial charge in [-0.3, -0.25) is 0 Å². The first-order chi connectivity index (χ1) is 17.7. The van der Waals surface area contributed by atoms with E-state index in [4.69, 9.17) is 4.42 Å². The highest BCUT2D eigenvalue weighted by molar-refractivity contribution is 8.07. The molecule has 0 unspecified atom stereocenters. The fourth-order valence-corrected chi connectivity index (χ4v) is 4.98. The van der Waals surface area contributed by atoms with Crippen molar-refractivity contribution in [3.05, 3.63) is 119 Å². The summed E-state index contributed by atoms with van der Waals surface area (Å²) in [4.78, 5) is 3.77. The largest absolute Gasteiger partial charge is 0.359 e. The van der Waals surface area contributed by atoms with Gasteiger partial charge in [0.15, 0.2) is 0 Å². The number of thioether (sulfide) groups is 1. The smallest absolute Gasteiger partial charge is 0.335 e. The maximum Gasteiger partial charge on any atom is 0.359 e. The van der Waals surface area contributed by atoms with Crippen molar-refractivity contribution in [2.24, 2.45) is 5.73 Å². The molecule has 0 radical (unpaired) electrons. The van der Waals surface area contributed by atoms with Gasteiger partial charge in [-0.1, -0.05) is 92.3 Å². The third-order valence-corrected chi connectivity index (χ3v) is 6.57. The Kier molecular flexibility index (Phi) is 12.5. The van der Waals surface area contributed by atoms with Crippen molar-refractivity contribution >= 4 is 28.4 Å². The number of benzene rings is 3. The van der Waals surface area contributed by atoms with Crippen LogP contribution in [0, 0.1) is 0 Å². The van der Waals surface area contributed by atoms with Crippen LogP contribution in [0.4, 0.5) is 0 Å². The third-order valence-electron chi connectivity index (χ3n) is 5.40. The van der Waals surface area contributed by atoms with Crippen LogP contribution in [0.3, 0.4) is 0 Å². The topological polar surface area (TPSA) is 40.6 Å². The molecular formula is C32H39N2OS+. The summed E-state index contributed by atoms with van der Waals surface area (Å²) in [5.41, 5.74) is 10.5. The molecule has 2 N–H and O–H groups in total. The number of hydrogen-bond acceptors (Lipinski definition) is 3. The van der Waals surface area contributed by atoms with E-state index in [2.05, 4.69) is 110 Å². The van der Waals surface area contributed by atoms with Crippen molar-refractivity contribution < 1.29 is 4.42 Å². The maximum atomic E-state index is 5.40. The van der Waals surface area contributed by atoms with Crippen LogP contribution in [0.2, 0.25) is 0 Å². The molecule has 5 rings (SSSR count). The summed E-state index contributed by atoms with van der Waals surface area (Å²) in [5, 5.41) is 2.47. The first-order valence-electron chi connectivity index (χ1n) is 12.5. The number of nitrogens with zero attached hydrogens (tertiary/aromatic N) is 1. The Labute approximate surface area is 221 Å². The SMILES string of the molecule is C/C=C1\SC(C)=C(c2ccccc2)N1CC.CC.CN.c1ccc(-c2ccc3[o+]cccc3c2)cc1. The van der Waals surface area contributed by atoms with Crippen molar-refractivity contribution in [3.8, 4) is 11.1 Å². The van der Waals surface area contributed by atoms with E-state index in [0.717, 1.165) is 17.5 Å². The summed E-state index contributed by atoms with van der Waals surface area (Å²) in [6.07, 6.45) is 3.89. The van der Waals surface area contributed by atoms with Gasteiger partial charge in [-0.2, -0.15) is 0 Å². The quantitative estimate of drug-likeness (QED) is 0.285. The molecule has 1 aromatic heterocycles. The second kappa shape index (κ2) is 15.6. The Morgan fingerprint density at radius 3 is 2.00 bits per heavy atom. The molecule has 4 aromatic rings. The zero-order valence-corrected chi connectivity index (χ0v) is 23.2. The second-order valence-corrected chi connectivity index (χ2v) is 8.71. The van der Waals surface area contributed by atoms with Gasteiger partial charge in [-0.15, -0.1) is 0 Å². The molecule has 1 aliphatic rings. The Morgan fingerprint density at radius 1 is 0.806 bits per heavy atom. The molecule has 3 nitrogen and oxygen atoms in total. The minimum Gasteiger partial charge on any atom is -0.335 e. The van der Waals surface area contributed by atoms with Gasteiger partial charge in [0.25, 0.3) is 0 Å². The Hall–Kier alpha value is -3.34. The Balaban J connectivity index is 0.000000223. The molecule has 3 aromatic carbocycles. The highest BCUT2D eigenvalue weighted by atomic mass is 32.2. The molecule has 4 heteroatoms. The molecule has 0 aliphatic carbocycles. The predicted octanol–water partition coefficient (Wildman–Crippen LogP) is 9.29. The Morgan fingerprint density at radius 2 is 1.42 bits per heavy atom. The standard InChI is InChI=1S/C15H11O.C14H17NS.C2H6.CH5N/c1-2-5-12(6-3-1)13-8-9-15-14(11-13)7-4-10-16-15;1-4-13-15(5-2)14(11(3)16-13)12-9-7-6-8-10-12;2*1-2/h1-11H;4,6-10H,5H2,1-3H3;1-2H3;2H2,1H3/q+1;;;/b;13-4-;;. The van der Waals surface area contributed by atoms with Gasteiger partial charge >= 0.3 is 11.8 Å². The molecule has 0 saturated carbocycles. The molecule has 0 atom stereocenters. The molecule has 36 heavy (non-hydrogen) atoms. The van der Waals surface area contributed by atoms with E-state index in [9.17, 15) is 0 Å². The zero-order chi connectivity index (χ0) is 26.3. The molecule has 1 aliphatic heterocycles. The van der Waals surface area contributed by atoms with E-state index >= 15 is 0 Å². The molecule has 2 heterocycles. The van der Waals surface area contributed by atoms with E-state index in [-0.39, 0.29) is 0 Å². The average Bonchev–Trinajstić information content (AvgIpc) is 3.31. The van der Waals surface area contributed by atoms with Crippen molar-refractivity contribution in [3.63, 3.8) is 0 Å². The van der Waals surface area contributed by atoms with Crippen molar-refractivity contribution in [2.45, 2.75) is 34.6 Å². The second-order valence-electron chi connectivity index (χ2n) is 7.48. The monoisotopic (exact) mass is 499 g/mol. The third kappa shape index (κ3) is 7.33. The fraction of sp³-hybridized carbons (Fsp3) is 0.219. The van der Waals surface area contributed by atoms with Crippen LogP contribution in [0.1, 0.15) is 40.2 Å². The molecular weight excluding hydrogens is 460 g/mol. The Bertz CT molecular complexity index is 1250. The molecule has 0 amide bonds. The summed E-state index contributed by atoms with van der Waals surface area (Å²) in [7, 11) is 1.50. The van der Waals surface area contributed by atoms with Gasteiger partial charge in [0.05, 0.1) is 16.1 Å². The van der Waals surface area contributed by atoms with Crippen molar-refractivity contribution in [2.75, 3.05) is 13.6 Å². The first kappa shape index (κ1) is 28.9. The van der Waals surface area contributed by atoms with Gasteiger partial charge in [-0.25, -0.2) is 4.42 Å². The molecule has 0 fully saturated rings. The van der Waals surface area contributed by atoms with Gasteiger partial charge in [0.2, 0.25) is 0 Å². The van der Waals surface area contributed by atoms with Crippen LogP contribution in [0.5, 0.6) is 0 Å². The van der Waals surface area contributed by atoms with Crippen molar-refractivity contribution in [1.82, 2.24) is 4.90 Å². The number of hydrogen-bond donors (Lipinski definition) is 1. The molecule has 188 valence electrons. The van der Waals surface area contributed by atoms with Gasteiger partial charge in [-0.05, 0) is 62.7 Å². The van der Waals surface area contributed by atoms with E-state index in [1.807, 2.05) is 43.8 Å². The number of rotatable bonds is 3. The van der Waals surface area contributed by atoms with Crippen LogP contribution in [-0.2, 0) is 0 Å². The zero-order valence-electron chi connectivity index (χ0n) is 22.4. The van der Waals surface area contributed by atoms with Gasteiger partial charge < -0.3 is 10.6 Å². The van der Waals surface area contributed by atoms with E-state index < -0.39 is 0 Å². The lowest BCUT2D eigenvalue weighted by Crippen LogP contribution is -2.15. The highest BCUT2D eigenvalue weighted by Gasteiger charge is 2.24. The summed E-state index contributed by atoms with van der Waals surface area (Å²) in [5.74, 6) is 0. The van der Waals surface area contributed by atoms with E-state index in [0.29, 0.717) is 0 Å². The maximum absolute atomic E-state index is 5.40. The van der Waals surface area contributed by atoms with E-state index in [1.165, 1.54) is 39.4 Å². The van der Waals surface area contributed by atoms with Crippen LogP contribution in [-0.4, -0.2) is 18.5 Å². The van der Waals surface area contributed by atoms with E-state index in [1.54, 1.807) is 6.26 Å². The van der Waals surface area contributed by atoms with Gasteiger partial charge in [0, 0.05) is 23.6 Å². The summed E-state index contributed by atoms with van der Waals surface area (Å²) in [6, 6.07) is 31.2.